The van der Waals surface area contributed by atoms with Crippen molar-refractivity contribution in [3.63, 3.8) is 0 Å². The van der Waals surface area contributed by atoms with E-state index in [1.807, 2.05) is 13.8 Å². The van der Waals surface area contributed by atoms with Crippen LogP contribution >= 0.6 is 0 Å². The lowest BCUT2D eigenvalue weighted by molar-refractivity contribution is -0.146. The lowest BCUT2D eigenvalue weighted by Gasteiger charge is -2.16. The maximum absolute atomic E-state index is 12.2. The van der Waals surface area contributed by atoms with Gasteiger partial charge in [-0.25, -0.2) is 0 Å². The zero-order chi connectivity index (χ0) is 95.1. The maximum Gasteiger partial charge on any atom is 0.305 e. The molecule has 0 bridgehead atoms. The number of aliphatic hydroxyl groups excluding tert-OH is 1. The summed E-state index contributed by atoms with van der Waals surface area (Å²) in [7, 11) is 0. The number of esters is 14. The number of amides is 1. The summed E-state index contributed by atoms with van der Waals surface area (Å²) in [6, 6.07) is 0. The lowest BCUT2D eigenvalue weighted by Crippen LogP contribution is -2.29. The Morgan fingerprint density at radius 1 is 0.185 bits per heavy atom. The van der Waals surface area contributed by atoms with Crippen LogP contribution < -0.4 is 5.32 Å². The van der Waals surface area contributed by atoms with E-state index in [9.17, 15) is 71.9 Å². The standard InChI is InChI=1S/C97H167NO32/c1-3-115-97(116-4-2)65-66-98-82(100)50-20-6-36-68-117-84(102)52-22-8-38-70-119-86(104)54-24-10-40-72-121-88(106)56-26-12-42-74-123-90(108)58-28-14-44-76-125-92(110)60-30-16-46-78-127-94(112)62-32-18-48-80-129-96(114)64-34-19-49-81-130-95(113)63-33-17-47-79-128-93(111)61-31-15-45-77-126-91(109)59-29-13-43-75-124-89(107)57-27-11-41-73-122-87(105)55-25-9-39-71-120-85(103)53-23-7-37-69-118-83(101)51-21-5-35-67-99/h97,99H,3-81H2,1-2H3,(H,98,100). The number of unbranched alkanes of at least 4 members (excludes halogenated alkanes) is 30. The van der Waals surface area contributed by atoms with Crippen LogP contribution in [0.1, 0.15) is 406 Å². The maximum atomic E-state index is 12.2. The summed E-state index contributed by atoms with van der Waals surface area (Å²) >= 11 is 0. The zero-order valence-corrected chi connectivity index (χ0v) is 79.5. The number of aliphatic hydroxyl groups is 1. The topological polar surface area (TPSA) is 436 Å². The zero-order valence-electron chi connectivity index (χ0n) is 79.5. The van der Waals surface area contributed by atoms with Crippen LogP contribution in [0.2, 0.25) is 0 Å². The van der Waals surface area contributed by atoms with E-state index < -0.39 is 0 Å². The van der Waals surface area contributed by atoms with Crippen LogP contribution in [0.25, 0.3) is 0 Å². The Labute approximate surface area is 774 Å². The molecule has 0 saturated heterocycles. The third-order valence-electron chi connectivity index (χ3n) is 20.5. The Kier molecular flexibility index (Phi) is 88.3. The van der Waals surface area contributed by atoms with Crippen LogP contribution in [-0.2, 0) is 148 Å². The van der Waals surface area contributed by atoms with Gasteiger partial charge in [-0.1, -0.05) is 6.42 Å². The first-order chi connectivity index (χ1) is 63.3. The fourth-order valence-electron chi connectivity index (χ4n) is 12.9. The van der Waals surface area contributed by atoms with Crippen molar-refractivity contribution in [2.45, 2.75) is 412 Å². The number of rotatable bonds is 96. The molecule has 0 aromatic rings. The highest BCUT2D eigenvalue weighted by Gasteiger charge is 2.16. The molecule has 0 aromatic heterocycles. The predicted octanol–water partition coefficient (Wildman–Crippen LogP) is 16.9. The number of carbonyl (C=O) groups excluding carboxylic acids is 15. The minimum atomic E-state index is -0.313. The Morgan fingerprint density at radius 2 is 0.315 bits per heavy atom. The van der Waals surface area contributed by atoms with Gasteiger partial charge in [-0.05, 0) is 296 Å². The van der Waals surface area contributed by atoms with Crippen LogP contribution in [0.3, 0.4) is 0 Å². The third kappa shape index (κ3) is 91.8. The molecule has 1 amide bonds. The molecule has 0 fully saturated rings. The number of hydrogen-bond acceptors (Lipinski definition) is 32. The molecule has 752 valence electrons. The lowest BCUT2D eigenvalue weighted by atomic mass is 10.2. The number of carbonyl (C=O) groups is 15. The van der Waals surface area contributed by atoms with E-state index in [-0.39, 0.29) is 239 Å². The first-order valence-corrected chi connectivity index (χ1v) is 49.6. The fourth-order valence-corrected chi connectivity index (χ4v) is 12.9. The summed E-state index contributed by atoms with van der Waals surface area (Å²) in [4.78, 5) is 181. The van der Waals surface area contributed by atoms with E-state index in [0.717, 1.165) is 38.5 Å². The molecule has 0 heterocycles. The molecule has 0 rings (SSSR count). The third-order valence-corrected chi connectivity index (χ3v) is 20.5. The van der Waals surface area contributed by atoms with Gasteiger partial charge in [0.1, 0.15) is 0 Å². The highest BCUT2D eigenvalue weighted by molar-refractivity contribution is 5.76. The minimum Gasteiger partial charge on any atom is -0.466 e. The van der Waals surface area contributed by atoms with Crippen molar-refractivity contribution in [1.82, 2.24) is 5.32 Å². The molecule has 0 saturated carbocycles. The van der Waals surface area contributed by atoms with E-state index in [1.165, 1.54) is 0 Å². The van der Waals surface area contributed by atoms with Crippen LogP contribution in [0, 0.1) is 0 Å². The number of ether oxygens (including phenoxy) is 16. The highest BCUT2D eigenvalue weighted by atomic mass is 16.7. The Bertz CT molecular complexity index is 2820. The highest BCUT2D eigenvalue weighted by Crippen LogP contribution is 2.16. The Balaban J connectivity index is 3.54. The van der Waals surface area contributed by atoms with Gasteiger partial charge in [-0.3, -0.25) is 71.9 Å². The van der Waals surface area contributed by atoms with Crippen molar-refractivity contribution >= 4 is 89.5 Å². The molecule has 33 nitrogen and oxygen atoms in total. The van der Waals surface area contributed by atoms with Gasteiger partial charge >= 0.3 is 83.6 Å². The predicted molar refractivity (Wildman–Crippen MR) is 482 cm³/mol. The van der Waals surface area contributed by atoms with Crippen molar-refractivity contribution in [2.75, 3.05) is 119 Å². The number of nitrogens with one attached hydrogen (secondary N) is 1. The van der Waals surface area contributed by atoms with Gasteiger partial charge in [0, 0.05) is 129 Å². The largest absolute Gasteiger partial charge is 0.466 e. The van der Waals surface area contributed by atoms with E-state index in [0.29, 0.717) is 329 Å². The number of hydrogen-bond donors (Lipinski definition) is 2. The van der Waals surface area contributed by atoms with E-state index in [4.69, 9.17) is 80.9 Å². The van der Waals surface area contributed by atoms with E-state index >= 15 is 0 Å². The molecule has 0 radical (unpaired) electrons. The molecule has 130 heavy (non-hydrogen) atoms. The second-order valence-corrected chi connectivity index (χ2v) is 32.4. The Morgan fingerprint density at radius 3 is 0.446 bits per heavy atom. The molecule has 33 heteroatoms. The molecule has 0 aliphatic heterocycles. The summed E-state index contributed by atoms with van der Waals surface area (Å²) in [6.07, 6.45) is 34.7. The molecule has 0 unspecified atom stereocenters. The fraction of sp³-hybridized carbons (Fsp3) is 0.845. The SMILES string of the molecule is CCOC(CCNC(=O)CCCCCOC(=O)CCCCCOC(=O)CCCCCOC(=O)CCCCCOC(=O)CCCCCOC(=O)CCCCCOC(=O)CCCCCOC(=O)CCCCCOC(=O)CCCCCOC(=O)CCCCCOC(=O)CCCCCOC(=O)CCCCCOC(=O)CCCCCOC(=O)CCCCCOC(=O)CCCCCO)OCC. The molecule has 0 atom stereocenters. The summed E-state index contributed by atoms with van der Waals surface area (Å²) in [5.41, 5.74) is 0. The van der Waals surface area contributed by atoms with E-state index in [2.05, 4.69) is 5.32 Å². The monoisotopic (exact) mass is 1860 g/mol. The van der Waals surface area contributed by atoms with Crippen LogP contribution in [-0.4, -0.2) is 220 Å². The smallest absolute Gasteiger partial charge is 0.305 e. The van der Waals surface area contributed by atoms with Gasteiger partial charge < -0.3 is 86.2 Å². The molecule has 0 aliphatic rings. The van der Waals surface area contributed by atoms with Crippen LogP contribution in [0.4, 0.5) is 0 Å². The van der Waals surface area contributed by atoms with Crippen molar-refractivity contribution < 1.29 is 153 Å². The normalized spacial score (nSPS) is 11.0. The molecule has 0 spiro atoms. The molecule has 2 N–H and O–H groups in total. The van der Waals surface area contributed by atoms with Gasteiger partial charge in [0.05, 0.1) is 92.5 Å². The summed E-state index contributed by atoms with van der Waals surface area (Å²) in [5.74, 6) is -3.94. The summed E-state index contributed by atoms with van der Waals surface area (Å²) in [5, 5.41) is 11.7. The van der Waals surface area contributed by atoms with Gasteiger partial charge in [0.2, 0.25) is 5.91 Å². The van der Waals surface area contributed by atoms with Crippen molar-refractivity contribution in [2.24, 2.45) is 0 Å². The van der Waals surface area contributed by atoms with Crippen molar-refractivity contribution in [1.29, 1.82) is 0 Å². The quantitative estimate of drug-likeness (QED) is 0.0247. The van der Waals surface area contributed by atoms with Gasteiger partial charge in [0.25, 0.3) is 0 Å². The minimum absolute atomic E-state index is 0.0194. The molecular formula is C97H167NO32. The van der Waals surface area contributed by atoms with Gasteiger partial charge in [-0.15, -0.1) is 0 Å². The molecule has 0 aromatic carbocycles. The van der Waals surface area contributed by atoms with Crippen LogP contribution in [0.5, 0.6) is 0 Å². The van der Waals surface area contributed by atoms with Gasteiger partial charge in [-0.2, -0.15) is 0 Å². The molecular weight excluding hydrogens is 1690 g/mol. The second kappa shape index (κ2) is 94.1. The molecule has 0 aliphatic carbocycles. The Hall–Kier alpha value is -8.07. The van der Waals surface area contributed by atoms with Crippen LogP contribution in [0.15, 0.2) is 0 Å². The first-order valence-electron chi connectivity index (χ1n) is 49.6. The van der Waals surface area contributed by atoms with E-state index in [1.54, 1.807) is 0 Å². The summed E-state index contributed by atoms with van der Waals surface area (Å²) in [6.45, 7) is 9.50. The van der Waals surface area contributed by atoms with Gasteiger partial charge in [0.15, 0.2) is 6.29 Å². The van der Waals surface area contributed by atoms with Crippen molar-refractivity contribution in [3.05, 3.63) is 0 Å². The first kappa shape index (κ1) is 122. The average Bonchev–Trinajstić information content (AvgIpc) is 0.977. The summed E-state index contributed by atoms with van der Waals surface area (Å²) < 4.78 is 85.1. The second-order valence-electron chi connectivity index (χ2n) is 32.4. The van der Waals surface area contributed by atoms with Crippen molar-refractivity contribution in [3.8, 4) is 0 Å². The average molecular weight is 1860 g/mol.